The van der Waals surface area contributed by atoms with Crippen LogP contribution in [0.1, 0.15) is 11.1 Å². The van der Waals surface area contributed by atoms with Gasteiger partial charge in [-0.2, -0.15) is 13.2 Å². The summed E-state index contributed by atoms with van der Waals surface area (Å²) in [6.07, 6.45) is -4.44. The number of ether oxygens (including phenoxy) is 1. The number of hydrogen-bond acceptors (Lipinski definition) is 4. The third kappa shape index (κ3) is 3.41. The van der Waals surface area contributed by atoms with Crippen LogP contribution < -0.4 is 5.73 Å². The summed E-state index contributed by atoms with van der Waals surface area (Å²) in [6, 6.07) is 3.52. The monoisotopic (exact) mass is 290 g/mol. The van der Waals surface area contributed by atoms with Crippen molar-refractivity contribution in [3.63, 3.8) is 0 Å². The number of hydrogen-bond donors (Lipinski definition) is 2. The Morgan fingerprint density at radius 1 is 1.40 bits per heavy atom. The average molecular weight is 290 g/mol. The van der Waals surface area contributed by atoms with Crippen LogP contribution in [-0.4, -0.2) is 42.4 Å². The van der Waals surface area contributed by atoms with Gasteiger partial charge >= 0.3 is 6.18 Å². The molecule has 1 atom stereocenters. The molecule has 1 fully saturated rings. The SMILES string of the molecule is Nc1ccc(CN2CCOCC2CO)c(C(F)(F)F)c1. The molecule has 0 aliphatic carbocycles. The van der Waals surface area contributed by atoms with E-state index in [0.29, 0.717) is 19.8 Å². The first kappa shape index (κ1) is 15.1. The number of aliphatic hydroxyl groups is 1. The standard InChI is InChI=1S/C13H17F3N2O2/c14-13(15,16)12-5-10(17)2-1-9(12)6-18-3-4-20-8-11(18)7-19/h1-2,5,11,19H,3-4,6-8,17H2. The molecule has 112 valence electrons. The Labute approximate surface area is 114 Å². The summed E-state index contributed by atoms with van der Waals surface area (Å²) < 4.78 is 44.3. The van der Waals surface area contributed by atoms with Gasteiger partial charge in [-0.3, -0.25) is 4.90 Å². The quantitative estimate of drug-likeness (QED) is 0.828. The Bertz CT molecular complexity index is 465. The number of rotatable bonds is 3. The number of nitrogens with two attached hydrogens (primary N) is 1. The van der Waals surface area contributed by atoms with E-state index in [-0.39, 0.29) is 30.4 Å². The molecule has 0 saturated carbocycles. The van der Waals surface area contributed by atoms with E-state index in [9.17, 15) is 18.3 Å². The van der Waals surface area contributed by atoms with Crippen molar-refractivity contribution in [1.29, 1.82) is 0 Å². The lowest BCUT2D eigenvalue weighted by Gasteiger charge is -2.35. The van der Waals surface area contributed by atoms with Crippen molar-refractivity contribution in [3.05, 3.63) is 29.3 Å². The maximum Gasteiger partial charge on any atom is 0.416 e. The normalized spacial score (nSPS) is 21.1. The van der Waals surface area contributed by atoms with Crippen LogP contribution in [0.15, 0.2) is 18.2 Å². The van der Waals surface area contributed by atoms with Crippen LogP contribution in [0.3, 0.4) is 0 Å². The van der Waals surface area contributed by atoms with E-state index in [0.717, 1.165) is 6.07 Å². The van der Waals surface area contributed by atoms with Crippen LogP contribution in [0.5, 0.6) is 0 Å². The van der Waals surface area contributed by atoms with Crippen LogP contribution in [0.25, 0.3) is 0 Å². The fourth-order valence-electron chi connectivity index (χ4n) is 2.28. The van der Waals surface area contributed by atoms with Crippen LogP contribution in [0.2, 0.25) is 0 Å². The van der Waals surface area contributed by atoms with Gasteiger partial charge in [0.1, 0.15) is 0 Å². The molecule has 1 heterocycles. The van der Waals surface area contributed by atoms with E-state index < -0.39 is 11.7 Å². The number of anilines is 1. The molecule has 0 radical (unpaired) electrons. The molecule has 2 rings (SSSR count). The predicted molar refractivity (Wildman–Crippen MR) is 68.0 cm³/mol. The van der Waals surface area contributed by atoms with Gasteiger partial charge in [-0.05, 0) is 17.7 Å². The summed E-state index contributed by atoms with van der Waals surface area (Å²) in [5, 5.41) is 9.25. The van der Waals surface area contributed by atoms with Gasteiger partial charge in [0.25, 0.3) is 0 Å². The van der Waals surface area contributed by atoms with Crippen LogP contribution in [0, 0.1) is 0 Å². The first-order chi connectivity index (χ1) is 9.41. The summed E-state index contributed by atoms with van der Waals surface area (Å²) in [5.74, 6) is 0. The minimum absolute atomic E-state index is 0.0850. The Morgan fingerprint density at radius 3 is 2.80 bits per heavy atom. The van der Waals surface area contributed by atoms with Gasteiger partial charge in [-0.15, -0.1) is 0 Å². The van der Waals surface area contributed by atoms with E-state index in [2.05, 4.69) is 0 Å². The van der Waals surface area contributed by atoms with Crippen LogP contribution in [-0.2, 0) is 17.5 Å². The minimum atomic E-state index is -4.44. The number of alkyl halides is 3. The van der Waals surface area contributed by atoms with Crippen molar-refractivity contribution in [1.82, 2.24) is 4.90 Å². The maximum absolute atomic E-state index is 13.0. The number of nitrogens with zero attached hydrogens (tertiary/aromatic N) is 1. The van der Waals surface area contributed by atoms with Crippen molar-refractivity contribution in [2.24, 2.45) is 0 Å². The Hall–Kier alpha value is -1.31. The molecule has 7 heteroatoms. The molecular weight excluding hydrogens is 273 g/mol. The highest BCUT2D eigenvalue weighted by Crippen LogP contribution is 2.34. The molecule has 3 N–H and O–H groups in total. The molecule has 0 spiro atoms. The van der Waals surface area contributed by atoms with Gasteiger partial charge in [0.05, 0.1) is 31.4 Å². The summed E-state index contributed by atoms with van der Waals surface area (Å²) >= 11 is 0. The first-order valence-electron chi connectivity index (χ1n) is 6.30. The highest BCUT2D eigenvalue weighted by Gasteiger charge is 2.34. The molecule has 4 nitrogen and oxygen atoms in total. The summed E-state index contributed by atoms with van der Waals surface area (Å²) in [5.41, 5.74) is 4.96. The number of halogens is 3. The van der Waals surface area contributed by atoms with Crippen molar-refractivity contribution in [2.75, 3.05) is 32.1 Å². The van der Waals surface area contributed by atoms with Gasteiger partial charge in [0, 0.05) is 18.8 Å². The number of aliphatic hydroxyl groups excluding tert-OH is 1. The molecule has 1 saturated heterocycles. The first-order valence-corrected chi connectivity index (χ1v) is 6.30. The van der Waals surface area contributed by atoms with E-state index in [4.69, 9.17) is 10.5 Å². The van der Waals surface area contributed by atoms with Crippen molar-refractivity contribution >= 4 is 5.69 Å². The van der Waals surface area contributed by atoms with E-state index >= 15 is 0 Å². The minimum Gasteiger partial charge on any atom is -0.399 e. The van der Waals surface area contributed by atoms with Crippen molar-refractivity contribution in [2.45, 2.75) is 18.8 Å². The second-order valence-corrected chi connectivity index (χ2v) is 4.80. The predicted octanol–water partition coefficient (Wildman–Crippen LogP) is 1.48. The molecule has 0 amide bonds. The molecule has 1 aromatic rings. The number of benzene rings is 1. The number of morpholine rings is 1. The largest absolute Gasteiger partial charge is 0.416 e. The van der Waals surface area contributed by atoms with Gasteiger partial charge in [0.15, 0.2) is 0 Å². The zero-order valence-corrected chi connectivity index (χ0v) is 10.9. The molecule has 1 aliphatic rings. The molecular formula is C13H17F3N2O2. The topological polar surface area (TPSA) is 58.7 Å². The molecule has 0 aromatic heterocycles. The zero-order valence-electron chi connectivity index (χ0n) is 10.9. The third-order valence-corrected chi connectivity index (χ3v) is 3.37. The second-order valence-electron chi connectivity index (χ2n) is 4.80. The smallest absolute Gasteiger partial charge is 0.399 e. The molecule has 1 aliphatic heterocycles. The third-order valence-electron chi connectivity index (χ3n) is 3.37. The lowest BCUT2D eigenvalue weighted by Crippen LogP contribution is -2.47. The molecule has 1 aromatic carbocycles. The fraction of sp³-hybridized carbons (Fsp3) is 0.538. The van der Waals surface area contributed by atoms with E-state index in [1.54, 1.807) is 4.90 Å². The summed E-state index contributed by atoms with van der Waals surface area (Å²) in [6.45, 7) is 1.24. The molecule has 0 bridgehead atoms. The zero-order chi connectivity index (χ0) is 14.8. The maximum atomic E-state index is 13.0. The van der Waals surface area contributed by atoms with Gasteiger partial charge < -0.3 is 15.6 Å². The number of nitrogen functional groups attached to an aromatic ring is 1. The highest BCUT2D eigenvalue weighted by molar-refractivity contribution is 5.46. The van der Waals surface area contributed by atoms with E-state index in [1.807, 2.05) is 0 Å². The highest BCUT2D eigenvalue weighted by atomic mass is 19.4. The van der Waals surface area contributed by atoms with Crippen molar-refractivity contribution < 1.29 is 23.0 Å². The van der Waals surface area contributed by atoms with E-state index in [1.165, 1.54) is 12.1 Å². The summed E-state index contributed by atoms with van der Waals surface area (Å²) in [4.78, 5) is 1.80. The average Bonchev–Trinajstić information content (AvgIpc) is 2.40. The van der Waals surface area contributed by atoms with Gasteiger partial charge in [-0.25, -0.2) is 0 Å². The summed E-state index contributed by atoms with van der Waals surface area (Å²) in [7, 11) is 0. The van der Waals surface area contributed by atoms with Gasteiger partial charge in [0.2, 0.25) is 0 Å². The lowest BCUT2D eigenvalue weighted by molar-refractivity contribution is -0.138. The van der Waals surface area contributed by atoms with Gasteiger partial charge in [-0.1, -0.05) is 6.07 Å². The van der Waals surface area contributed by atoms with Crippen LogP contribution >= 0.6 is 0 Å². The molecule has 1 unspecified atom stereocenters. The fourth-order valence-corrected chi connectivity index (χ4v) is 2.28. The Kier molecular flexibility index (Phi) is 4.52. The van der Waals surface area contributed by atoms with Crippen molar-refractivity contribution in [3.8, 4) is 0 Å². The Morgan fingerprint density at radius 2 is 2.15 bits per heavy atom. The second kappa shape index (κ2) is 5.99. The Balaban J connectivity index is 2.24. The lowest BCUT2D eigenvalue weighted by atomic mass is 10.0. The van der Waals surface area contributed by atoms with Crippen LogP contribution in [0.4, 0.5) is 18.9 Å². The molecule has 20 heavy (non-hydrogen) atoms.